The summed E-state index contributed by atoms with van der Waals surface area (Å²) in [5.74, 6) is 2.95. The summed E-state index contributed by atoms with van der Waals surface area (Å²) in [5.41, 5.74) is -3.10. The van der Waals surface area contributed by atoms with Gasteiger partial charge in [0, 0.05) is 46.1 Å². The Morgan fingerprint density at radius 3 is 1.45 bits per heavy atom. The molecule has 5 saturated heterocycles. The van der Waals surface area contributed by atoms with E-state index in [9.17, 15) is 80.1 Å². The van der Waals surface area contributed by atoms with Gasteiger partial charge in [-0.1, -0.05) is 32.3 Å². The van der Waals surface area contributed by atoms with Crippen LogP contribution in [-0.2, 0) is 61.8 Å². The molecule has 16 N–H and O–H groups in total. The summed E-state index contributed by atoms with van der Waals surface area (Å²) >= 11 is 0. The summed E-state index contributed by atoms with van der Waals surface area (Å²) in [6.07, 6.45) is -25.1. The smallest absolute Gasteiger partial charge is 0.251 e. The van der Waals surface area contributed by atoms with Gasteiger partial charge in [0.05, 0.1) is 46.2 Å². The lowest BCUT2D eigenvalue weighted by Crippen LogP contribution is -2.97. The third-order valence-electron chi connectivity index (χ3n) is 16.3. The molecule has 1 saturated carbocycles. The maximum absolute atomic E-state index is 13.9. The number of hydrogen-bond acceptors (Lipinski definition) is 26. The number of rotatable bonds is 27. The maximum Gasteiger partial charge on any atom is 0.251 e. The second-order valence-electron chi connectivity index (χ2n) is 22.5. The van der Waals surface area contributed by atoms with Gasteiger partial charge in [0.2, 0.25) is 23.6 Å². The van der Waals surface area contributed by atoms with E-state index in [1.54, 1.807) is 12.1 Å². The number of hydrogen-bond donors (Lipinski definition) is 16. The van der Waals surface area contributed by atoms with E-state index >= 15 is 0 Å². The molecule has 5 amide bonds. The number of amides is 5. The number of aliphatic hydroxyl groups is 11. The van der Waals surface area contributed by atoms with E-state index < -0.39 is 208 Å². The molecule has 31 heteroatoms. The highest BCUT2D eigenvalue weighted by Gasteiger charge is 2.81. The van der Waals surface area contributed by atoms with Gasteiger partial charge in [0.1, 0.15) is 127 Å². The molecular formula is C56H85N5O26. The van der Waals surface area contributed by atoms with Crippen molar-refractivity contribution in [2.75, 3.05) is 46.2 Å². The van der Waals surface area contributed by atoms with Crippen LogP contribution < -0.4 is 31.3 Å². The Labute approximate surface area is 501 Å². The lowest BCUT2D eigenvalue weighted by molar-refractivity contribution is -0.427. The Morgan fingerprint density at radius 1 is 0.563 bits per heavy atom. The zero-order valence-corrected chi connectivity index (χ0v) is 49.0. The normalized spacial score (nSPS) is 38.9. The fourth-order valence-electron chi connectivity index (χ4n) is 11.8. The van der Waals surface area contributed by atoms with Crippen molar-refractivity contribution in [3.05, 3.63) is 29.8 Å². The summed E-state index contributed by atoms with van der Waals surface area (Å²) in [6, 6.07) is -0.597. The minimum atomic E-state index is -2.01. The summed E-state index contributed by atoms with van der Waals surface area (Å²) in [6.45, 7) is 2.08. The van der Waals surface area contributed by atoms with Crippen LogP contribution in [0.25, 0.3) is 0 Å². The van der Waals surface area contributed by atoms with Crippen LogP contribution in [0, 0.1) is 11.8 Å². The average molecular weight is 1240 g/mol. The van der Waals surface area contributed by atoms with Crippen LogP contribution in [0.3, 0.4) is 0 Å². The SMILES string of the molecule is CCCCCCC#CCCCOc1cccc(C(=O)NC2C(O[C@@H]3C(CO)OC(OC4C(CO)O[C@@H](O[C@@H]5C(CO)O[C@@H](OC6[C@H](O)[C@]7(NC(C)=O)COC67CO)C(NC(C)=O)C5O)[C@@H](NC(C)=O)[C@H]4O)C(NC(C)=O)C3O)OC(CO)[C@@H](O)C2O)c1. The van der Waals surface area contributed by atoms with Gasteiger partial charge in [-0.25, -0.2) is 0 Å². The number of benzene rings is 1. The number of aliphatic hydroxyl groups excluding tert-OH is 11. The lowest BCUT2D eigenvalue weighted by Gasteiger charge is -2.72. The Balaban J connectivity index is 1.05. The van der Waals surface area contributed by atoms with E-state index in [0.717, 1.165) is 46.5 Å². The molecular weight excluding hydrogens is 1160 g/mol. The Morgan fingerprint density at radius 2 is 1.02 bits per heavy atom. The van der Waals surface area contributed by atoms with E-state index in [1.807, 2.05) is 0 Å². The van der Waals surface area contributed by atoms with Crippen LogP contribution in [0.15, 0.2) is 24.3 Å². The number of carbonyl (C=O) groups is 5. The molecule has 6 fully saturated rings. The second-order valence-corrected chi connectivity index (χ2v) is 22.5. The van der Waals surface area contributed by atoms with Crippen LogP contribution >= 0.6 is 0 Å². The van der Waals surface area contributed by atoms with Crippen LogP contribution in [0.4, 0.5) is 0 Å². The largest absolute Gasteiger partial charge is 0.494 e. The number of ether oxygens (including phenoxy) is 10. The second kappa shape index (κ2) is 31.2. The van der Waals surface area contributed by atoms with Crippen LogP contribution in [0.1, 0.15) is 89.9 Å². The average Bonchev–Trinajstić information content (AvgIpc) is 0.666. The van der Waals surface area contributed by atoms with E-state index in [0.29, 0.717) is 25.2 Å². The highest BCUT2D eigenvalue weighted by atomic mass is 16.8. The number of carbonyl (C=O) groups excluding carboxylic acids is 5. The van der Waals surface area contributed by atoms with Crippen molar-refractivity contribution in [2.45, 2.75) is 225 Å². The quantitative estimate of drug-likeness (QED) is 0.0288. The molecule has 31 nitrogen and oxygen atoms in total. The first kappa shape index (κ1) is 69.6. The van der Waals surface area contributed by atoms with Crippen molar-refractivity contribution in [2.24, 2.45) is 0 Å². The van der Waals surface area contributed by atoms with Gasteiger partial charge >= 0.3 is 0 Å². The molecule has 0 spiro atoms. The summed E-state index contributed by atoms with van der Waals surface area (Å²) < 4.78 is 60.2. The van der Waals surface area contributed by atoms with E-state index in [4.69, 9.17) is 47.4 Å². The van der Waals surface area contributed by atoms with Crippen molar-refractivity contribution in [3.63, 3.8) is 0 Å². The van der Waals surface area contributed by atoms with E-state index in [2.05, 4.69) is 45.3 Å². The van der Waals surface area contributed by atoms with Gasteiger partial charge in [0.15, 0.2) is 25.2 Å². The molecule has 5 aliphatic heterocycles. The van der Waals surface area contributed by atoms with Crippen molar-refractivity contribution in [1.82, 2.24) is 26.6 Å². The molecule has 0 aromatic heterocycles. The zero-order chi connectivity index (χ0) is 63.5. The molecule has 24 atom stereocenters. The van der Waals surface area contributed by atoms with Crippen molar-refractivity contribution in [1.29, 1.82) is 0 Å². The minimum absolute atomic E-state index is 0.0500. The predicted molar refractivity (Wildman–Crippen MR) is 293 cm³/mol. The third kappa shape index (κ3) is 15.5. The molecule has 15 unspecified atom stereocenters. The fourth-order valence-corrected chi connectivity index (χ4v) is 11.8. The standard InChI is InChI=1S/C56H85N5O26/c1-6-7-8-9-10-11-12-13-14-18-78-31-17-15-16-30(19-31)50(77)60-36-41(72)40(71)32(20-62)80-51(36)84-45-33(21-63)81-52(37(42(45)73)57-26(2)67)85-46-34(22-64)82-53(38(43(46)74)58-27(3)68)86-47-35(23-65)83-54(39(44(47)75)59-28(4)69)87-49-48(76)55(61-29(5)70)25-79-56(49,55)24-66/h15-17,19,32-49,51-54,62-66,71-76H,6-10,13-14,18,20-25H2,1-5H3,(H,57,67)(H,58,68)(H,59,69)(H,60,77)(H,61,70)/t32?,33?,34?,35?,36?,37?,38-,39?,40+,41?,42?,43+,44?,45+,46?,47+,48-,49?,51?,52?,53-,54-,55+,56?/m0/s1. The molecule has 0 radical (unpaired) electrons. The van der Waals surface area contributed by atoms with Gasteiger partial charge in [0.25, 0.3) is 5.91 Å². The first-order valence-corrected chi connectivity index (χ1v) is 29.1. The van der Waals surface area contributed by atoms with Crippen molar-refractivity contribution in [3.8, 4) is 17.6 Å². The molecule has 87 heavy (non-hydrogen) atoms. The topological polar surface area (TPSA) is 460 Å². The monoisotopic (exact) mass is 1240 g/mol. The summed E-state index contributed by atoms with van der Waals surface area (Å²) in [4.78, 5) is 64.2. The van der Waals surface area contributed by atoms with Gasteiger partial charge in [-0.05, 0) is 31.0 Å². The molecule has 490 valence electrons. The minimum Gasteiger partial charge on any atom is -0.494 e. The highest BCUT2D eigenvalue weighted by Crippen LogP contribution is 2.55. The number of unbranched alkanes of at least 4 members (excludes halogenated alkanes) is 5. The molecule has 1 aliphatic carbocycles. The zero-order valence-electron chi connectivity index (χ0n) is 49.0. The summed E-state index contributed by atoms with van der Waals surface area (Å²) in [7, 11) is 0. The first-order chi connectivity index (χ1) is 41.5. The van der Waals surface area contributed by atoms with Crippen LogP contribution in [-0.4, -0.2) is 278 Å². The van der Waals surface area contributed by atoms with Gasteiger partial charge < -0.3 is 130 Å². The molecule has 7 rings (SSSR count). The van der Waals surface area contributed by atoms with Crippen LogP contribution in [0.2, 0.25) is 0 Å². The maximum atomic E-state index is 13.9. The predicted octanol–water partition coefficient (Wildman–Crippen LogP) is -6.34. The number of nitrogens with one attached hydrogen (secondary N) is 5. The lowest BCUT2D eigenvalue weighted by atomic mass is 9.54. The van der Waals surface area contributed by atoms with E-state index in [-0.39, 0.29) is 12.2 Å². The molecule has 0 bridgehead atoms. The molecule has 5 heterocycles. The van der Waals surface area contributed by atoms with Crippen molar-refractivity contribution < 1.29 is 128 Å². The highest BCUT2D eigenvalue weighted by molar-refractivity contribution is 5.94. The third-order valence-corrected chi connectivity index (χ3v) is 16.3. The van der Waals surface area contributed by atoms with Crippen molar-refractivity contribution >= 4 is 29.5 Å². The fraction of sp³-hybridized carbons (Fsp3) is 0.768. The Bertz CT molecular complexity index is 2530. The Hall–Kier alpha value is -4.87. The van der Waals surface area contributed by atoms with Gasteiger partial charge in [-0.15, -0.1) is 11.8 Å². The van der Waals surface area contributed by atoms with Gasteiger partial charge in [-0.3, -0.25) is 24.0 Å². The van der Waals surface area contributed by atoms with E-state index in [1.165, 1.54) is 25.5 Å². The molecule has 1 aromatic carbocycles. The molecule has 1 aromatic rings. The number of fused-ring (bicyclic) bond motifs is 1. The first-order valence-electron chi connectivity index (χ1n) is 29.1. The Kier molecular flexibility index (Phi) is 25.0. The van der Waals surface area contributed by atoms with Crippen LogP contribution in [0.5, 0.6) is 5.75 Å². The molecule has 6 aliphatic rings. The van der Waals surface area contributed by atoms with Gasteiger partial charge in [-0.2, -0.15) is 0 Å². The summed E-state index contributed by atoms with van der Waals surface area (Å²) in [5, 5.41) is 135.